The SMILES string of the molecule is O=C1Nc2ccccc2/C1=C/c1ccc2c(c1)CCO2. The number of benzene rings is 2. The number of para-hydroxylation sites is 1. The van der Waals surface area contributed by atoms with Crippen molar-refractivity contribution in [3.05, 3.63) is 59.2 Å². The Morgan fingerprint density at radius 3 is 3.00 bits per heavy atom. The first-order valence-corrected chi connectivity index (χ1v) is 6.69. The van der Waals surface area contributed by atoms with E-state index in [-0.39, 0.29) is 5.91 Å². The minimum Gasteiger partial charge on any atom is -0.493 e. The van der Waals surface area contributed by atoms with Crippen molar-refractivity contribution < 1.29 is 9.53 Å². The van der Waals surface area contributed by atoms with Gasteiger partial charge in [0.15, 0.2) is 0 Å². The summed E-state index contributed by atoms with van der Waals surface area (Å²) in [6.45, 7) is 0.749. The molecule has 2 aliphatic rings. The van der Waals surface area contributed by atoms with Gasteiger partial charge in [-0.15, -0.1) is 0 Å². The molecule has 20 heavy (non-hydrogen) atoms. The maximum atomic E-state index is 12.1. The van der Waals surface area contributed by atoms with Gasteiger partial charge in [-0.3, -0.25) is 4.79 Å². The fourth-order valence-corrected chi connectivity index (χ4v) is 2.75. The summed E-state index contributed by atoms with van der Waals surface area (Å²) in [5.41, 5.74) is 4.82. The second-order valence-corrected chi connectivity index (χ2v) is 5.02. The van der Waals surface area contributed by atoms with Crippen LogP contribution in [0, 0.1) is 0 Å². The molecular formula is C17H13NO2. The number of hydrogen-bond donors (Lipinski definition) is 1. The highest BCUT2D eigenvalue weighted by atomic mass is 16.5. The maximum absolute atomic E-state index is 12.1. The summed E-state index contributed by atoms with van der Waals surface area (Å²) in [6, 6.07) is 13.8. The zero-order chi connectivity index (χ0) is 13.5. The molecule has 3 heteroatoms. The average Bonchev–Trinajstić information content (AvgIpc) is 3.04. The van der Waals surface area contributed by atoms with E-state index in [0.29, 0.717) is 0 Å². The first-order chi connectivity index (χ1) is 9.81. The van der Waals surface area contributed by atoms with Gasteiger partial charge >= 0.3 is 0 Å². The van der Waals surface area contributed by atoms with Crippen molar-refractivity contribution >= 4 is 23.2 Å². The number of hydrogen-bond acceptors (Lipinski definition) is 2. The van der Waals surface area contributed by atoms with Crippen molar-refractivity contribution in [1.29, 1.82) is 0 Å². The van der Waals surface area contributed by atoms with Gasteiger partial charge in [-0.25, -0.2) is 0 Å². The van der Waals surface area contributed by atoms with Gasteiger partial charge < -0.3 is 10.1 Å². The summed E-state index contributed by atoms with van der Waals surface area (Å²) in [7, 11) is 0. The first-order valence-electron chi connectivity index (χ1n) is 6.69. The van der Waals surface area contributed by atoms with Crippen LogP contribution in [-0.2, 0) is 11.2 Å². The minimum atomic E-state index is -0.0389. The molecule has 0 unspecified atom stereocenters. The Kier molecular flexibility index (Phi) is 2.39. The maximum Gasteiger partial charge on any atom is 0.256 e. The molecule has 2 aromatic carbocycles. The van der Waals surface area contributed by atoms with Crippen LogP contribution in [0.2, 0.25) is 0 Å². The predicted octanol–water partition coefficient (Wildman–Crippen LogP) is 3.11. The highest BCUT2D eigenvalue weighted by Gasteiger charge is 2.23. The number of nitrogens with one attached hydrogen (secondary N) is 1. The van der Waals surface area contributed by atoms with E-state index in [0.717, 1.165) is 41.2 Å². The fourth-order valence-electron chi connectivity index (χ4n) is 2.75. The van der Waals surface area contributed by atoms with Crippen LogP contribution in [0.3, 0.4) is 0 Å². The van der Waals surface area contributed by atoms with Crippen molar-refractivity contribution in [3.8, 4) is 5.75 Å². The Balaban J connectivity index is 1.79. The molecule has 0 aliphatic carbocycles. The van der Waals surface area contributed by atoms with E-state index in [1.165, 1.54) is 5.56 Å². The van der Waals surface area contributed by atoms with Crippen LogP contribution in [0.1, 0.15) is 16.7 Å². The Labute approximate surface area is 116 Å². The molecule has 0 saturated heterocycles. The third-order valence-corrected chi connectivity index (χ3v) is 3.73. The summed E-state index contributed by atoms with van der Waals surface area (Å²) in [4.78, 5) is 12.1. The Bertz CT molecular complexity index is 746. The van der Waals surface area contributed by atoms with Crippen molar-refractivity contribution in [1.82, 2.24) is 0 Å². The average molecular weight is 263 g/mol. The van der Waals surface area contributed by atoms with Crippen molar-refractivity contribution in [2.24, 2.45) is 0 Å². The third kappa shape index (κ3) is 1.71. The minimum absolute atomic E-state index is 0.0389. The van der Waals surface area contributed by atoms with E-state index < -0.39 is 0 Å². The van der Waals surface area contributed by atoms with Gasteiger partial charge in [0.25, 0.3) is 5.91 Å². The summed E-state index contributed by atoms with van der Waals surface area (Å²) in [6.07, 6.45) is 2.88. The molecule has 1 N–H and O–H groups in total. The largest absolute Gasteiger partial charge is 0.493 e. The topological polar surface area (TPSA) is 38.3 Å². The summed E-state index contributed by atoms with van der Waals surface area (Å²) in [5.74, 6) is 0.923. The number of carbonyl (C=O) groups excluding carboxylic acids is 1. The highest BCUT2D eigenvalue weighted by Crippen LogP contribution is 2.33. The zero-order valence-corrected chi connectivity index (χ0v) is 10.8. The molecule has 2 aliphatic heterocycles. The van der Waals surface area contributed by atoms with Crippen LogP contribution in [0.25, 0.3) is 11.6 Å². The molecule has 0 saturated carbocycles. The van der Waals surface area contributed by atoms with Gasteiger partial charge in [0.2, 0.25) is 0 Å². The van der Waals surface area contributed by atoms with E-state index in [9.17, 15) is 4.79 Å². The molecular weight excluding hydrogens is 250 g/mol. The second kappa shape index (κ2) is 4.23. The lowest BCUT2D eigenvalue weighted by atomic mass is 10.0. The number of fused-ring (bicyclic) bond motifs is 2. The molecule has 0 fully saturated rings. The molecule has 0 spiro atoms. The second-order valence-electron chi connectivity index (χ2n) is 5.02. The Morgan fingerprint density at radius 2 is 2.05 bits per heavy atom. The summed E-state index contributed by atoms with van der Waals surface area (Å²) >= 11 is 0. The van der Waals surface area contributed by atoms with E-state index >= 15 is 0 Å². The van der Waals surface area contributed by atoms with Crippen LogP contribution in [0.4, 0.5) is 5.69 Å². The van der Waals surface area contributed by atoms with Crippen molar-refractivity contribution in [3.63, 3.8) is 0 Å². The Morgan fingerprint density at radius 1 is 1.15 bits per heavy atom. The van der Waals surface area contributed by atoms with E-state index in [4.69, 9.17) is 4.74 Å². The predicted molar refractivity (Wildman–Crippen MR) is 78.6 cm³/mol. The van der Waals surface area contributed by atoms with Crippen LogP contribution in [0.15, 0.2) is 42.5 Å². The van der Waals surface area contributed by atoms with Crippen LogP contribution in [-0.4, -0.2) is 12.5 Å². The number of amides is 1. The molecule has 2 heterocycles. The lowest BCUT2D eigenvalue weighted by Gasteiger charge is -2.01. The molecule has 98 valence electrons. The van der Waals surface area contributed by atoms with Gasteiger partial charge in [0.05, 0.1) is 6.61 Å². The van der Waals surface area contributed by atoms with Gasteiger partial charge in [-0.2, -0.15) is 0 Å². The molecule has 3 nitrogen and oxygen atoms in total. The van der Waals surface area contributed by atoms with Gasteiger partial charge in [-0.05, 0) is 35.4 Å². The van der Waals surface area contributed by atoms with E-state index in [1.807, 2.05) is 42.5 Å². The first kappa shape index (κ1) is 11.3. The van der Waals surface area contributed by atoms with E-state index in [1.54, 1.807) is 0 Å². The quantitative estimate of drug-likeness (QED) is 0.803. The molecule has 0 radical (unpaired) electrons. The number of ether oxygens (including phenoxy) is 1. The standard InChI is InChI=1S/C17H13NO2/c19-17-14(13-3-1-2-4-15(13)18-17)10-11-5-6-16-12(9-11)7-8-20-16/h1-6,9-10H,7-8H2,(H,18,19)/b14-10-. The van der Waals surface area contributed by atoms with Crippen LogP contribution >= 0.6 is 0 Å². The number of carbonyl (C=O) groups is 1. The van der Waals surface area contributed by atoms with Crippen LogP contribution in [0.5, 0.6) is 5.75 Å². The third-order valence-electron chi connectivity index (χ3n) is 3.73. The highest BCUT2D eigenvalue weighted by molar-refractivity contribution is 6.34. The van der Waals surface area contributed by atoms with Gasteiger partial charge in [-0.1, -0.05) is 24.3 Å². The molecule has 0 bridgehead atoms. The van der Waals surface area contributed by atoms with Crippen molar-refractivity contribution in [2.45, 2.75) is 6.42 Å². The lowest BCUT2D eigenvalue weighted by molar-refractivity contribution is -0.110. The zero-order valence-electron chi connectivity index (χ0n) is 10.8. The normalized spacial score (nSPS) is 17.6. The fraction of sp³-hybridized carbons (Fsp3) is 0.118. The van der Waals surface area contributed by atoms with E-state index in [2.05, 4.69) is 11.4 Å². The molecule has 0 atom stereocenters. The van der Waals surface area contributed by atoms with Gasteiger partial charge in [0.1, 0.15) is 5.75 Å². The molecule has 2 aromatic rings. The monoisotopic (exact) mass is 263 g/mol. The molecule has 4 rings (SSSR count). The number of rotatable bonds is 1. The van der Waals surface area contributed by atoms with Crippen molar-refractivity contribution in [2.75, 3.05) is 11.9 Å². The lowest BCUT2D eigenvalue weighted by Crippen LogP contribution is -2.03. The Hall–Kier alpha value is -2.55. The number of anilines is 1. The van der Waals surface area contributed by atoms with Gasteiger partial charge in [0, 0.05) is 23.2 Å². The smallest absolute Gasteiger partial charge is 0.256 e. The molecule has 0 aromatic heterocycles. The summed E-state index contributed by atoms with van der Waals surface area (Å²) in [5, 5.41) is 2.89. The van der Waals surface area contributed by atoms with Crippen LogP contribution < -0.4 is 10.1 Å². The summed E-state index contributed by atoms with van der Waals surface area (Å²) < 4.78 is 5.50. The molecule has 1 amide bonds.